The maximum atomic E-state index is 13.7. The van der Waals surface area contributed by atoms with Gasteiger partial charge in [-0.1, -0.05) is 50.3 Å². The van der Waals surface area contributed by atoms with Crippen LogP contribution in [0.4, 0.5) is 0 Å². The number of hydrogen-bond donors (Lipinski definition) is 1. The maximum absolute atomic E-state index is 13.7. The van der Waals surface area contributed by atoms with Gasteiger partial charge in [-0.2, -0.15) is 0 Å². The van der Waals surface area contributed by atoms with Crippen LogP contribution in [0.5, 0.6) is 0 Å². The minimum absolute atomic E-state index is 0.159. The third kappa shape index (κ3) is 4.24. The van der Waals surface area contributed by atoms with Gasteiger partial charge in [-0.3, -0.25) is 4.79 Å². The van der Waals surface area contributed by atoms with E-state index in [9.17, 15) is 4.79 Å². The Bertz CT molecular complexity index is 834. The molecular formula is C24H32N2O. The Kier molecular flexibility index (Phi) is 5.18. The number of amides is 1. The number of carbonyl (C=O) groups is 1. The summed E-state index contributed by atoms with van der Waals surface area (Å²) in [6.07, 6.45) is 9.10. The lowest BCUT2D eigenvalue weighted by molar-refractivity contribution is -0.140. The molecule has 2 N–H and O–H groups in total. The molecule has 0 aromatic heterocycles. The standard InChI is InChI=1S/C24H32N2O/c1-17-14-18-10-7-9-13-21(18)26(15-19-11-6-8-12-20(17)19)22(27)23(2,3)16-24(4,5)25/h6-8,10-12,14H,9,13,15-16,25H2,1-5H3. The van der Waals surface area contributed by atoms with Crippen LogP contribution in [0.2, 0.25) is 0 Å². The zero-order valence-corrected chi connectivity index (χ0v) is 17.3. The first-order chi connectivity index (χ1) is 12.6. The van der Waals surface area contributed by atoms with Crippen LogP contribution in [0, 0.1) is 5.41 Å². The third-order valence-corrected chi connectivity index (χ3v) is 5.37. The number of allylic oxidation sites excluding steroid dienone is 6. The highest BCUT2D eigenvalue weighted by atomic mass is 16.2. The summed E-state index contributed by atoms with van der Waals surface area (Å²) in [5, 5.41) is 0. The van der Waals surface area contributed by atoms with Crippen molar-refractivity contribution >= 4 is 11.5 Å². The van der Waals surface area contributed by atoms with Crippen LogP contribution < -0.4 is 5.73 Å². The Morgan fingerprint density at radius 3 is 2.59 bits per heavy atom. The summed E-state index contributed by atoms with van der Waals surface area (Å²) >= 11 is 0. The Hall–Kier alpha value is -2.13. The number of nitrogens with zero attached hydrogens (tertiary/aromatic N) is 1. The van der Waals surface area contributed by atoms with Gasteiger partial charge in [-0.15, -0.1) is 0 Å². The minimum atomic E-state index is -0.523. The van der Waals surface area contributed by atoms with Gasteiger partial charge in [0.15, 0.2) is 0 Å². The van der Waals surface area contributed by atoms with Crippen molar-refractivity contribution in [3.05, 3.63) is 64.9 Å². The molecule has 1 aliphatic carbocycles. The van der Waals surface area contributed by atoms with E-state index in [2.05, 4.69) is 49.4 Å². The molecule has 1 aliphatic heterocycles. The van der Waals surface area contributed by atoms with Crippen molar-refractivity contribution < 1.29 is 4.79 Å². The van der Waals surface area contributed by atoms with E-state index < -0.39 is 5.41 Å². The van der Waals surface area contributed by atoms with Gasteiger partial charge in [0.25, 0.3) is 0 Å². The number of carbonyl (C=O) groups excluding carboxylic acids is 1. The molecule has 0 radical (unpaired) electrons. The van der Waals surface area contributed by atoms with E-state index in [0.717, 1.165) is 24.1 Å². The van der Waals surface area contributed by atoms with Crippen molar-refractivity contribution in [2.24, 2.45) is 11.1 Å². The summed E-state index contributed by atoms with van der Waals surface area (Å²) in [6.45, 7) is 10.8. The van der Waals surface area contributed by atoms with E-state index in [4.69, 9.17) is 5.73 Å². The zero-order valence-electron chi connectivity index (χ0n) is 17.3. The molecule has 3 heteroatoms. The van der Waals surface area contributed by atoms with Gasteiger partial charge < -0.3 is 10.6 Å². The van der Waals surface area contributed by atoms with Crippen molar-refractivity contribution in [3.8, 4) is 0 Å². The van der Waals surface area contributed by atoms with Gasteiger partial charge in [-0.05, 0) is 68.4 Å². The van der Waals surface area contributed by atoms with Crippen LogP contribution in [-0.2, 0) is 11.3 Å². The summed E-state index contributed by atoms with van der Waals surface area (Å²) in [7, 11) is 0. The van der Waals surface area contributed by atoms with Crippen LogP contribution in [0.3, 0.4) is 0 Å². The molecular weight excluding hydrogens is 332 g/mol. The first-order valence-electron chi connectivity index (χ1n) is 9.86. The Morgan fingerprint density at radius 2 is 1.89 bits per heavy atom. The molecule has 0 bridgehead atoms. The van der Waals surface area contributed by atoms with Crippen LogP contribution in [0.15, 0.2) is 53.8 Å². The second kappa shape index (κ2) is 7.12. The number of fused-ring (bicyclic) bond motifs is 1. The Labute approximate surface area is 163 Å². The first-order valence-corrected chi connectivity index (χ1v) is 9.86. The quantitative estimate of drug-likeness (QED) is 0.802. The zero-order chi connectivity index (χ0) is 19.8. The minimum Gasteiger partial charge on any atom is -0.326 e. The average molecular weight is 365 g/mol. The van der Waals surface area contributed by atoms with Gasteiger partial charge in [0.1, 0.15) is 0 Å². The average Bonchev–Trinajstić information content (AvgIpc) is 2.56. The maximum Gasteiger partial charge on any atom is 0.232 e. The fraction of sp³-hybridized carbons (Fsp3) is 0.458. The third-order valence-electron chi connectivity index (χ3n) is 5.37. The number of hydrogen-bond acceptors (Lipinski definition) is 2. The lowest BCUT2D eigenvalue weighted by atomic mass is 9.78. The van der Waals surface area contributed by atoms with E-state index in [1.165, 1.54) is 16.7 Å². The van der Waals surface area contributed by atoms with Gasteiger partial charge in [0.05, 0.1) is 6.54 Å². The molecule has 0 unspecified atom stereocenters. The van der Waals surface area contributed by atoms with Crippen LogP contribution in [0.25, 0.3) is 5.57 Å². The highest BCUT2D eigenvalue weighted by Gasteiger charge is 2.38. The normalized spacial score (nSPS) is 17.7. The van der Waals surface area contributed by atoms with E-state index in [-0.39, 0.29) is 11.4 Å². The predicted molar refractivity (Wildman–Crippen MR) is 113 cm³/mol. The van der Waals surface area contributed by atoms with Crippen molar-refractivity contribution in [3.63, 3.8) is 0 Å². The van der Waals surface area contributed by atoms with Crippen LogP contribution >= 0.6 is 0 Å². The van der Waals surface area contributed by atoms with Gasteiger partial charge in [-0.25, -0.2) is 0 Å². The summed E-state index contributed by atoms with van der Waals surface area (Å²) in [5.41, 5.74) is 11.3. The molecule has 0 atom stereocenters. The van der Waals surface area contributed by atoms with Crippen molar-refractivity contribution in [2.75, 3.05) is 0 Å². The molecule has 144 valence electrons. The van der Waals surface area contributed by atoms with Crippen molar-refractivity contribution in [1.29, 1.82) is 0 Å². The van der Waals surface area contributed by atoms with E-state index >= 15 is 0 Å². The fourth-order valence-electron chi connectivity index (χ4n) is 4.49. The van der Waals surface area contributed by atoms with Gasteiger partial charge in [0, 0.05) is 16.7 Å². The smallest absolute Gasteiger partial charge is 0.232 e. The molecule has 27 heavy (non-hydrogen) atoms. The summed E-state index contributed by atoms with van der Waals surface area (Å²) < 4.78 is 0. The van der Waals surface area contributed by atoms with Gasteiger partial charge in [0.2, 0.25) is 5.91 Å². The lowest BCUT2D eigenvalue weighted by Crippen LogP contribution is -2.46. The van der Waals surface area contributed by atoms with Crippen LogP contribution in [0.1, 0.15) is 65.0 Å². The molecule has 1 aromatic carbocycles. The molecule has 0 saturated heterocycles. The molecule has 1 aromatic rings. The predicted octanol–water partition coefficient (Wildman–Crippen LogP) is 5.19. The SMILES string of the molecule is CC1=CC2=C(CCC=C2)N(C(=O)C(C)(C)CC(C)(C)N)Cc2ccccc21. The van der Waals surface area contributed by atoms with E-state index in [1.54, 1.807) is 0 Å². The first kappa shape index (κ1) is 19.6. The Morgan fingerprint density at radius 1 is 1.19 bits per heavy atom. The van der Waals surface area contributed by atoms with Gasteiger partial charge >= 0.3 is 0 Å². The molecule has 1 heterocycles. The molecule has 0 saturated carbocycles. The Balaban J connectivity index is 2.10. The van der Waals surface area contributed by atoms with Crippen molar-refractivity contribution in [1.82, 2.24) is 4.90 Å². The van der Waals surface area contributed by atoms with Crippen LogP contribution in [-0.4, -0.2) is 16.3 Å². The summed E-state index contributed by atoms with van der Waals surface area (Å²) in [4.78, 5) is 15.7. The second-order valence-corrected chi connectivity index (χ2v) is 9.27. The molecule has 0 fully saturated rings. The number of benzene rings is 1. The number of rotatable bonds is 3. The molecule has 3 rings (SSSR count). The molecule has 2 aliphatic rings. The number of nitrogens with two attached hydrogens (primary N) is 1. The van der Waals surface area contributed by atoms with E-state index in [0.29, 0.717) is 13.0 Å². The second-order valence-electron chi connectivity index (χ2n) is 9.27. The van der Waals surface area contributed by atoms with Crippen molar-refractivity contribution in [2.45, 2.75) is 66.0 Å². The highest BCUT2D eigenvalue weighted by Crippen LogP contribution is 2.37. The fourth-order valence-corrected chi connectivity index (χ4v) is 4.49. The largest absolute Gasteiger partial charge is 0.326 e. The molecule has 3 nitrogen and oxygen atoms in total. The molecule has 1 amide bonds. The summed E-state index contributed by atoms with van der Waals surface area (Å²) in [6, 6.07) is 8.41. The monoisotopic (exact) mass is 364 g/mol. The highest BCUT2D eigenvalue weighted by molar-refractivity contribution is 5.85. The summed E-state index contributed by atoms with van der Waals surface area (Å²) in [5.74, 6) is 0.159. The van der Waals surface area contributed by atoms with E-state index in [1.807, 2.05) is 32.6 Å². The molecule has 0 spiro atoms. The topological polar surface area (TPSA) is 46.3 Å². The lowest BCUT2D eigenvalue weighted by Gasteiger charge is -2.39.